The maximum absolute atomic E-state index is 4.82. The van der Waals surface area contributed by atoms with Gasteiger partial charge >= 0.3 is 0 Å². The zero-order valence-electron chi connectivity index (χ0n) is 4.14. The Kier molecular flexibility index (Phi) is 1.11. The van der Waals surface area contributed by atoms with E-state index < -0.39 is 0 Å². The molecule has 0 saturated heterocycles. The van der Waals surface area contributed by atoms with Crippen molar-refractivity contribution in [3.63, 3.8) is 0 Å². The molecule has 0 fully saturated rings. The molecule has 0 saturated carbocycles. The van der Waals surface area contributed by atoms with Crippen LogP contribution in [0.4, 0.5) is 0 Å². The average molecular weight is 96.1 g/mol. The summed E-state index contributed by atoms with van der Waals surface area (Å²) in [5.41, 5.74) is 0. The summed E-state index contributed by atoms with van der Waals surface area (Å²) < 4.78 is 4.82. The maximum Gasteiger partial charge on any atom is 0.194 e. The van der Waals surface area contributed by atoms with Gasteiger partial charge in [0.05, 0.1) is 0 Å². The van der Waals surface area contributed by atoms with E-state index in [-0.39, 0.29) is 0 Å². The summed E-state index contributed by atoms with van der Waals surface area (Å²) in [4.78, 5) is 3.74. The normalized spacial score (nSPS) is 9.29. The van der Waals surface area contributed by atoms with Crippen LogP contribution in [0.15, 0.2) is 10.7 Å². The summed E-state index contributed by atoms with van der Waals surface area (Å²) in [5, 5.41) is 0. The predicted octanol–water partition coefficient (Wildman–Crippen LogP) is 1.04. The van der Waals surface area contributed by atoms with Gasteiger partial charge in [-0.1, -0.05) is 6.92 Å². The zero-order chi connectivity index (χ0) is 5.11. The summed E-state index contributed by atoms with van der Waals surface area (Å²) in [6.07, 6.45) is 4.87. The highest BCUT2D eigenvalue weighted by Crippen LogP contribution is 1.91. The molecule has 2 heteroatoms. The highest BCUT2D eigenvalue weighted by molar-refractivity contribution is 4.75. The number of rotatable bonds is 1. The minimum Gasteiger partial charge on any atom is -0.448 e. The largest absolute Gasteiger partial charge is 0.448 e. The highest BCUT2D eigenvalue weighted by atomic mass is 16.3. The fraction of sp³-hybridized carbons (Fsp3) is 0.400. The lowest BCUT2D eigenvalue weighted by Gasteiger charge is -1.77. The fourth-order valence-corrected chi connectivity index (χ4v) is 0.381. The van der Waals surface area contributed by atoms with Crippen molar-refractivity contribution in [2.45, 2.75) is 13.3 Å². The van der Waals surface area contributed by atoms with Crippen molar-refractivity contribution in [2.24, 2.45) is 0 Å². The van der Waals surface area contributed by atoms with Gasteiger partial charge in [0, 0.05) is 6.42 Å². The lowest BCUT2D eigenvalue weighted by Crippen LogP contribution is -1.73. The van der Waals surface area contributed by atoms with Gasteiger partial charge in [0.1, 0.15) is 12.5 Å². The van der Waals surface area contributed by atoms with Crippen LogP contribution in [0.5, 0.6) is 0 Å². The smallest absolute Gasteiger partial charge is 0.194 e. The van der Waals surface area contributed by atoms with Gasteiger partial charge in [0.2, 0.25) is 0 Å². The van der Waals surface area contributed by atoms with Crippen LogP contribution in [0.1, 0.15) is 12.8 Å². The highest BCUT2D eigenvalue weighted by Gasteiger charge is 1.87. The molecule has 0 amide bonds. The van der Waals surface area contributed by atoms with E-state index >= 15 is 0 Å². The first-order valence-corrected chi connectivity index (χ1v) is 2.24. The van der Waals surface area contributed by atoms with E-state index in [0.717, 1.165) is 12.3 Å². The molecule has 1 aromatic rings. The molecule has 0 spiro atoms. The van der Waals surface area contributed by atoms with Crippen LogP contribution in [-0.4, -0.2) is 4.98 Å². The summed E-state index contributed by atoms with van der Waals surface area (Å²) >= 11 is 0. The Morgan fingerprint density at radius 3 is 3.14 bits per heavy atom. The number of hydrogen-bond acceptors (Lipinski definition) is 2. The van der Waals surface area contributed by atoms with Gasteiger partial charge in [-0.15, -0.1) is 0 Å². The third-order valence-electron chi connectivity index (χ3n) is 0.739. The van der Waals surface area contributed by atoms with Crippen LogP contribution < -0.4 is 0 Å². The van der Waals surface area contributed by atoms with E-state index in [1.807, 2.05) is 6.92 Å². The van der Waals surface area contributed by atoms with Crippen molar-refractivity contribution in [3.8, 4) is 0 Å². The first-order valence-electron chi connectivity index (χ1n) is 2.24. The number of nitrogens with zero attached hydrogens (tertiary/aromatic N) is 1. The van der Waals surface area contributed by atoms with E-state index in [1.165, 1.54) is 6.26 Å². The Labute approximate surface area is 42.2 Å². The topological polar surface area (TPSA) is 26.0 Å². The van der Waals surface area contributed by atoms with Gasteiger partial charge in [-0.2, -0.15) is 0 Å². The Hall–Kier alpha value is -0.790. The Bertz CT molecular complexity index is 123. The summed E-state index contributed by atoms with van der Waals surface area (Å²) in [6, 6.07) is 0. The molecule has 1 heterocycles. The molecule has 1 radical (unpaired) electrons. The molecule has 0 bridgehead atoms. The van der Waals surface area contributed by atoms with Crippen molar-refractivity contribution >= 4 is 0 Å². The molecule has 7 heavy (non-hydrogen) atoms. The molecule has 37 valence electrons. The predicted molar refractivity (Wildman–Crippen MR) is 24.7 cm³/mol. The van der Waals surface area contributed by atoms with Crippen LogP contribution in [-0.2, 0) is 6.42 Å². The van der Waals surface area contributed by atoms with Gasteiger partial charge in [-0.05, 0) is 0 Å². The molecular formula is C5H6NO. The lowest BCUT2D eigenvalue weighted by molar-refractivity contribution is 0.501. The molecule has 0 N–H and O–H groups in total. The van der Waals surface area contributed by atoms with Crippen LogP contribution >= 0.6 is 0 Å². The molecule has 0 aliphatic rings. The van der Waals surface area contributed by atoms with E-state index in [2.05, 4.69) is 11.2 Å². The van der Waals surface area contributed by atoms with Crippen molar-refractivity contribution in [2.75, 3.05) is 0 Å². The van der Waals surface area contributed by atoms with Crippen LogP contribution in [0.2, 0.25) is 0 Å². The van der Waals surface area contributed by atoms with E-state index in [0.29, 0.717) is 0 Å². The molecule has 0 atom stereocenters. The second-order valence-electron chi connectivity index (χ2n) is 1.22. The van der Waals surface area contributed by atoms with Gasteiger partial charge in [-0.25, -0.2) is 4.98 Å². The molecule has 2 nitrogen and oxygen atoms in total. The fourth-order valence-electron chi connectivity index (χ4n) is 0.381. The van der Waals surface area contributed by atoms with Crippen LogP contribution in [0, 0.1) is 6.20 Å². The number of hydrogen-bond donors (Lipinski definition) is 0. The second kappa shape index (κ2) is 1.78. The molecule has 0 aliphatic carbocycles. The van der Waals surface area contributed by atoms with Gasteiger partial charge < -0.3 is 4.42 Å². The van der Waals surface area contributed by atoms with Gasteiger partial charge in [0.15, 0.2) is 5.89 Å². The molecular weight excluding hydrogens is 90.1 g/mol. The maximum atomic E-state index is 4.82. The monoisotopic (exact) mass is 96.0 g/mol. The first-order chi connectivity index (χ1) is 3.43. The molecule has 0 aromatic carbocycles. The Morgan fingerprint density at radius 1 is 2.00 bits per heavy atom. The van der Waals surface area contributed by atoms with E-state index in [9.17, 15) is 0 Å². The summed E-state index contributed by atoms with van der Waals surface area (Å²) in [6.45, 7) is 1.99. The third-order valence-corrected chi connectivity index (χ3v) is 0.739. The first kappa shape index (κ1) is 4.37. The number of aromatic nitrogens is 1. The molecule has 0 unspecified atom stereocenters. The minimum atomic E-state index is 0.750. The van der Waals surface area contributed by atoms with Gasteiger partial charge in [0.25, 0.3) is 0 Å². The number of oxazole rings is 1. The summed E-state index contributed by atoms with van der Waals surface area (Å²) in [7, 11) is 0. The second-order valence-corrected chi connectivity index (χ2v) is 1.22. The Morgan fingerprint density at radius 2 is 2.86 bits per heavy atom. The summed E-state index contributed by atoms with van der Waals surface area (Å²) in [5.74, 6) is 0.750. The lowest BCUT2D eigenvalue weighted by atomic mass is 10.5. The standard InChI is InChI=1S/C5H6NO/c1-2-5-6-3-4-7-5/h4H,2H2,1H3. The van der Waals surface area contributed by atoms with Gasteiger partial charge in [-0.3, -0.25) is 0 Å². The molecule has 0 aliphatic heterocycles. The minimum absolute atomic E-state index is 0.750. The van der Waals surface area contributed by atoms with E-state index in [4.69, 9.17) is 4.42 Å². The van der Waals surface area contributed by atoms with Crippen molar-refractivity contribution in [3.05, 3.63) is 18.4 Å². The quantitative estimate of drug-likeness (QED) is 0.522. The van der Waals surface area contributed by atoms with Crippen LogP contribution in [0.3, 0.4) is 0 Å². The van der Waals surface area contributed by atoms with Crippen molar-refractivity contribution in [1.29, 1.82) is 0 Å². The number of aryl methyl sites for hydroxylation is 1. The zero-order valence-corrected chi connectivity index (χ0v) is 4.14. The van der Waals surface area contributed by atoms with Crippen molar-refractivity contribution in [1.82, 2.24) is 4.98 Å². The Balaban J connectivity index is 2.76. The van der Waals surface area contributed by atoms with Crippen molar-refractivity contribution < 1.29 is 4.42 Å². The van der Waals surface area contributed by atoms with Crippen LogP contribution in [0.25, 0.3) is 0 Å². The van der Waals surface area contributed by atoms with E-state index in [1.54, 1.807) is 0 Å². The average Bonchev–Trinajstić information content (AvgIpc) is 2.14. The molecule has 1 aromatic heterocycles. The molecule has 1 rings (SSSR count). The SMILES string of the molecule is CCc1n[c]co1. The third kappa shape index (κ3) is 0.796.